The lowest BCUT2D eigenvalue weighted by Crippen LogP contribution is -2.46. The molecule has 1 aliphatic rings. The zero-order chi connectivity index (χ0) is 19.0. The number of alkyl halides is 6. The number of carbonyl (C=O) groups excluding carboxylic acids is 2. The van der Waals surface area contributed by atoms with Gasteiger partial charge in [0.05, 0.1) is 0 Å². The molecule has 1 rings (SSSR count). The summed E-state index contributed by atoms with van der Waals surface area (Å²) in [5, 5.41) is 0. The molecule has 0 aromatic rings. The van der Waals surface area contributed by atoms with E-state index in [4.69, 9.17) is 0 Å². The molecule has 0 aromatic carbocycles. The summed E-state index contributed by atoms with van der Waals surface area (Å²) in [5.74, 6) is -5.11. The number of hydrogen-bond donors (Lipinski definition) is 0. The van der Waals surface area contributed by atoms with Crippen molar-refractivity contribution in [1.82, 2.24) is 0 Å². The van der Waals surface area contributed by atoms with E-state index in [9.17, 15) is 35.9 Å². The molecule has 4 nitrogen and oxygen atoms in total. The van der Waals surface area contributed by atoms with Crippen LogP contribution in [0.5, 0.6) is 0 Å². The van der Waals surface area contributed by atoms with Gasteiger partial charge in [0.1, 0.15) is 11.2 Å². The Balaban J connectivity index is 2.67. The summed E-state index contributed by atoms with van der Waals surface area (Å²) in [5.41, 5.74) is -2.80. The molecule has 0 amide bonds. The molecule has 24 heavy (non-hydrogen) atoms. The third-order valence-corrected chi connectivity index (χ3v) is 4.18. The van der Waals surface area contributed by atoms with Crippen LogP contribution in [0, 0.1) is 5.92 Å². The molecule has 140 valence electrons. The van der Waals surface area contributed by atoms with Crippen molar-refractivity contribution >= 4 is 11.9 Å². The second-order valence-corrected chi connectivity index (χ2v) is 6.60. The van der Waals surface area contributed by atoms with Crippen LogP contribution in [0.3, 0.4) is 0 Å². The highest BCUT2D eigenvalue weighted by molar-refractivity contribution is 5.76. The Morgan fingerprint density at radius 2 is 1.33 bits per heavy atom. The molecule has 0 radical (unpaired) electrons. The molecule has 0 saturated heterocycles. The lowest BCUT2D eigenvalue weighted by molar-refractivity contribution is -0.222. The number of ether oxygens (including phenoxy) is 2. The molecule has 1 fully saturated rings. The minimum absolute atomic E-state index is 0.0203. The molecule has 0 N–H and O–H groups in total. The van der Waals surface area contributed by atoms with E-state index >= 15 is 0 Å². The molecule has 10 heteroatoms. The number of hydrogen-bond acceptors (Lipinski definition) is 4. The van der Waals surface area contributed by atoms with Gasteiger partial charge >= 0.3 is 24.3 Å². The lowest BCUT2D eigenvalue weighted by atomic mass is 9.73. The topological polar surface area (TPSA) is 52.6 Å². The van der Waals surface area contributed by atoms with Crippen LogP contribution in [0.1, 0.15) is 46.5 Å². The molecule has 1 aliphatic carbocycles. The van der Waals surface area contributed by atoms with Crippen molar-refractivity contribution in [2.24, 2.45) is 5.92 Å². The summed E-state index contributed by atoms with van der Waals surface area (Å²) in [6.45, 7) is 3.96. The highest BCUT2D eigenvalue weighted by Gasteiger charge is 2.49. The average molecular weight is 364 g/mol. The summed E-state index contributed by atoms with van der Waals surface area (Å²) >= 11 is 0. The van der Waals surface area contributed by atoms with Gasteiger partial charge in [-0.2, -0.15) is 26.3 Å². The third kappa shape index (κ3) is 5.27. The Labute approximate surface area is 134 Å². The van der Waals surface area contributed by atoms with Crippen LogP contribution >= 0.6 is 0 Å². The maximum Gasteiger partial charge on any atom is 0.490 e. The predicted octanol–water partition coefficient (Wildman–Crippen LogP) is 3.92. The Bertz CT molecular complexity index is 486. The molecular formula is C14H18F6O4. The minimum Gasteiger partial charge on any atom is -0.453 e. The Hall–Kier alpha value is -1.48. The normalized spacial score (nSPS) is 26.0. The fourth-order valence-corrected chi connectivity index (χ4v) is 2.69. The first-order valence-corrected chi connectivity index (χ1v) is 7.17. The van der Waals surface area contributed by atoms with Gasteiger partial charge in [-0.1, -0.05) is 0 Å². The number of esters is 2. The van der Waals surface area contributed by atoms with Crippen LogP contribution in [0.4, 0.5) is 26.3 Å². The van der Waals surface area contributed by atoms with Crippen LogP contribution in [-0.4, -0.2) is 35.5 Å². The molecule has 0 heterocycles. The molecule has 0 unspecified atom stereocenters. The van der Waals surface area contributed by atoms with Gasteiger partial charge in [0.25, 0.3) is 0 Å². The van der Waals surface area contributed by atoms with Crippen LogP contribution < -0.4 is 0 Å². The van der Waals surface area contributed by atoms with Crippen molar-refractivity contribution in [1.29, 1.82) is 0 Å². The van der Waals surface area contributed by atoms with E-state index in [2.05, 4.69) is 9.47 Å². The van der Waals surface area contributed by atoms with Gasteiger partial charge in [-0.25, -0.2) is 9.59 Å². The van der Waals surface area contributed by atoms with Gasteiger partial charge in [-0.05, 0) is 52.4 Å². The summed E-state index contributed by atoms with van der Waals surface area (Å²) in [4.78, 5) is 21.9. The first-order valence-electron chi connectivity index (χ1n) is 7.17. The third-order valence-electron chi connectivity index (χ3n) is 4.18. The molecule has 0 bridgehead atoms. The van der Waals surface area contributed by atoms with Crippen molar-refractivity contribution in [2.45, 2.75) is 70.0 Å². The van der Waals surface area contributed by atoms with E-state index < -0.39 is 41.4 Å². The molecule has 0 aliphatic heterocycles. The molecule has 0 aromatic heterocycles. The van der Waals surface area contributed by atoms with Crippen LogP contribution in [-0.2, 0) is 19.1 Å². The van der Waals surface area contributed by atoms with E-state index in [0.29, 0.717) is 0 Å². The van der Waals surface area contributed by atoms with Crippen molar-refractivity contribution < 1.29 is 45.4 Å². The van der Waals surface area contributed by atoms with Crippen LogP contribution in [0.25, 0.3) is 0 Å². The first kappa shape index (κ1) is 20.6. The first-order chi connectivity index (χ1) is 10.6. The standard InChI is InChI=1S/C14H18F6O4/c1-11(2,23-9(21)13(15,16)17)8-4-6-12(3,7-5-8)24-10(22)14(18,19)20/h8H,4-7H2,1-3H3. The monoisotopic (exact) mass is 364 g/mol. The van der Waals surface area contributed by atoms with E-state index in [1.54, 1.807) is 0 Å². The summed E-state index contributed by atoms with van der Waals surface area (Å²) in [6.07, 6.45) is -9.89. The van der Waals surface area contributed by atoms with Gasteiger partial charge < -0.3 is 9.47 Å². The number of halogens is 6. The SMILES string of the molecule is CC1(OC(=O)C(F)(F)F)CCC(C(C)(C)OC(=O)C(F)(F)F)CC1. The quantitative estimate of drug-likeness (QED) is 0.563. The van der Waals surface area contributed by atoms with Gasteiger partial charge in [0, 0.05) is 0 Å². The number of carbonyl (C=O) groups is 2. The van der Waals surface area contributed by atoms with Crippen LogP contribution in [0.2, 0.25) is 0 Å². The smallest absolute Gasteiger partial charge is 0.453 e. The zero-order valence-electron chi connectivity index (χ0n) is 13.3. The number of rotatable bonds is 3. The van der Waals surface area contributed by atoms with Crippen LogP contribution in [0.15, 0.2) is 0 Å². The zero-order valence-corrected chi connectivity index (χ0v) is 13.3. The fourth-order valence-electron chi connectivity index (χ4n) is 2.69. The van der Waals surface area contributed by atoms with Gasteiger partial charge in [0.2, 0.25) is 0 Å². The maximum atomic E-state index is 12.3. The van der Waals surface area contributed by atoms with E-state index in [0.717, 1.165) is 0 Å². The second kappa shape index (κ2) is 6.44. The molecule has 0 spiro atoms. The molecule has 0 atom stereocenters. The maximum absolute atomic E-state index is 12.3. The van der Waals surface area contributed by atoms with Crippen molar-refractivity contribution in [3.63, 3.8) is 0 Å². The Morgan fingerprint density at radius 3 is 1.71 bits per heavy atom. The molecular weight excluding hydrogens is 346 g/mol. The summed E-state index contributed by atoms with van der Waals surface area (Å²) < 4.78 is 82.6. The van der Waals surface area contributed by atoms with Gasteiger partial charge in [-0.15, -0.1) is 0 Å². The highest BCUT2D eigenvalue weighted by atomic mass is 19.4. The lowest BCUT2D eigenvalue weighted by Gasteiger charge is -2.42. The van der Waals surface area contributed by atoms with E-state index in [-0.39, 0.29) is 25.7 Å². The fraction of sp³-hybridized carbons (Fsp3) is 0.857. The van der Waals surface area contributed by atoms with Crippen molar-refractivity contribution in [3.05, 3.63) is 0 Å². The van der Waals surface area contributed by atoms with Crippen molar-refractivity contribution in [2.75, 3.05) is 0 Å². The minimum atomic E-state index is -5.12. The van der Waals surface area contributed by atoms with E-state index in [1.807, 2.05) is 0 Å². The predicted molar refractivity (Wildman–Crippen MR) is 68.7 cm³/mol. The van der Waals surface area contributed by atoms with Crippen molar-refractivity contribution in [3.8, 4) is 0 Å². The second-order valence-electron chi connectivity index (χ2n) is 6.60. The highest BCUT2D eigenvalue weighted by Crippen LogP contribution is 2.42. The largest absolute Gasteiger partial charge is 0.490 e. The summed E-state index contributed by atoms with van der Waals surface area (Å²) in [7, 11) is 0. The van der Waals surface area contributed by atoms with Gasteiger partial charge in [-0.3, -0.25) is 0 Å². The Morgan fingerprint density at radius 1 is 0.917 bits per heavy atom. The van der Waals surface area contributed by atoms with Gasteiger partial charge in [0.15, 0.2) is 0 Å². The molecule has 1 saturated carbocycles. The Kier molecular flexibility index (Phi) is 5.52. The van der Waals surface area contributed by atoms with E-state index in [1.165, 1.54) is 20.8 Å². The summed E-state index contributed by atoms with van der Waals surface area (Å²) in [6, 6.07) is 0. The average Bonchev–Trinajstić information content (AvgIpc) is 2.35.